The average Bonchev–Trinajstić information content (AvgIpc) is 2.55. The van der Waals surface area contributed by atoms with E-state index in [1.165, 1.54) is 0 Å². The third-order valence-electron chi connectivity index (χ3n) is 7.11. The zero-order valence-electron chi connectivity index (χ0n) is 16.3. The number of hydrogen-bond acceptors (Lipinski definition) is 3. The van der Waals surface area contributed by atoms with E-state index in [0.29, 0.717) is 17.8 Å². The SMILES string of the molecule is COc1cc(C)cc(C(C)(C)C(=O)N[C@H]2[C@@H]3CC4C[C@H]2C[C@](O)(C4)C3)c1. The highest BCUT2D eigenvalue weighted by molar-refractivity contribution is 5.87. The Kier molecular flexibility index (Phi) is 4.11. The minimum atomic E-state index is -0.620. The monoisotopic (exact) mass is 357 g/mol. The van der Waals surface area contributed by atoms with Gasteiger partial charge in [-0.1, -0.05) is 6.07 Å². The summed E-state index contributed by atoms with van der Waals surface area (Å²) in [5.74, 6) is 2.38. The van der Waals surface area contributed by atoms with Crippen LogP contribution in [0.5, 0.6) is 5.75 Å². The first kappa shape index (κ1) is 17.8. The van der Waals surface area contributed by atoms with Crippen LogP contribution in [-0.2, 0) is 10.2 Å². The van der Waals surface area contributed by atoms with Gasteiger partial charge in [0, 0.05) is 6.04 Å². The molecule has 0 spiro atoms. The molecule has 4 nitrogen and oxygen atoms in total. The quantitative estimate of drug-likeness (QED) is 0.869. The summed E-state index contributed by atoms with van der Waals surface area (Å²) in [7, 11) is 1.66. The van der Waals surface area contributed by atoms with E-state index >= 15 is 0 Å². The fraction of sp³-hybridized carbons (Fsp3) is 0.682. The predicted molar refractivity (Wildman–Crippen MR) is 101 cm³/mol. The van der Waals surface area contributed by atoms with Gasteiger partial charge in [0.15, 0.2) is 0 Å². The Labute approximate surface area is 156 Å². The average molecular weight is 357 g/mol. The van der Waals surface area contributed by atoms with Crippen LogP contribution in [0.15, 0.2) is 18.2 Å². The minimum Gasteiger partial charge on any atom is -0.497 e. The number of hydrogen-bond donors (Lipinski definition) is 2. The largest absolute Gasteiger partial charge is 0.497 e. The molecule has 5 atom stereocenters. The molecule has 4 saturated carbocycles. The van der Waals surface area contributed by atoms with Crippen molar-refractivity contribution in [2.45, 2.75) is 69.9 Å². The maximum Gasteiger partial charge on any atom is 0.230 e. The normalized spacial score (nSPS) is 35.4. The van der Waals surface area contributed by atoms with E-state index in [1.54, 1.807) is 7.11 Å². The zero-order valence-corrected chi connectivity index (χ0v) is 16.3. The molecule has 1 aromatic rings. The fourth-order valence-electron chi connectivity index (χ4n) is 5.91. The Balaban J connectivity index is 1.54. The molecule has 4 aliphatic carbocycles. The highest BCUT2D eigenvalue weighted by Crippen LogP contribution is 2.55. The van der Waals surface area contributed by atoms with Crippen LogP contribution in [0.25, 0.3) is 0 Å². The van der Waals surface area contributed by atoms with Gasteiger partial charge >= 0.3 is 0 Å². The maximum absolute atomic E-state index is 13.2. The van der Waals surface area contributed by atoms with E-state index < -0.39 is 11.0 Å². The Morgan fingerprint density at radius 3 is 2.42 bits per heavy atom. The smallest absolute Gasteiger partial charge is 0.230 e. The molecule has 0 heterocycles. The van der Waals surface area contributed by atoms with E-state index in [-0.39, 0.29) is 11.9 Å². The lowest BCUT2D eigenvalue weighted by Gasteiger charge is -2.58. The standard InChI is InChI=1S/C22H31NO3/c1-13-5-17(9-18(6-13)26-4)21(2,3)20(24)23-19-15-7-14-8-16(19)12-22(25,10-14)11-15/h5-6,9,14-16,19,25H,7-8,10-12H2,1-4H3,(H,23,24)/t14?,15-,16+,19+,22+. The third kappa shape index (κ3) is 2.92. The third-order valence-corrected chi connectivity index (χ3v) is 7.11. The van der Waals surface area contributed by atoms with Crippen molar-refractivity contribution < 1.29 is 14.6 Å². The Bertz CT molecular complexity index is 710. The van der Waals surface area contributed by atoms with Crippen LogP contribution in [-0.4, -0.2) is 29.8 Å². The molecular formula is C22H31NO3. The van der Waals surface area contributed by atoms with Gasteiger partial charge in [0.25, 0.3) is 0 Å². The maximum atomic E-state index is 13.2. The van der Waals surface area contributed by atoms with E-state index in [4.69, 9.17) is 4.74 Å². The number of rotatable bonds is 4. The summed E-state index contributed by atoms with van der Waals surface area (Å²) in [5.41, 5.74) is 0.994. The summed E-state index contributed by atoms with van der Waals surface area (Å²) in [6.45, 7) is 6.00. The molecule has 0 aromatic heterocycles. The van der Waals surface area contributed by atoms with Crippen molar-refractivity contribution in [3.05, 3.63) is 29.3 Å². The van der Waals surface area contributed by atoms with Crippen molar-refractivity contribution in [1.29, 1.82) is 0 Å². The summed E-state index contributed by atoms with van der Waals surface area (Å²) in [4.78, 5) is 13.2. The summed E-state index contributed by atoms with van der Waals surface area (Å²) in [5, 5.41) is 14.1. The second-order valence-electron chi connectivity index (χ2n) is 9.56. The van der Waals surface area contributed by atoms with E-state index in [2.05, 4.69) is 11.4 Å². The lowest BCUT2D eigenvalue weighted by molar-refractivity contribution is -0.148. The Morgan fingerprint density at radius 1 is 1.19 bits per heavy atom. The molecule has 5 rings (SSSR count). The molecule has 4 heteroatoms. The predicted octanol–water partition coefficient (Wildman–Crippen LogP) is 3.34. The summed E-state index contributed by atoms with van der Waals surface area (Å²) in [6.07, 6.45) is 4.98. The van der Waals surface area contributed by atoms with Crippen LogP contribution >= 0.6 is 0 Å². The number of benzene rings is 1. The van der Waals surface area contributed by atoms with Crippen molar-refractivity contribution in [2.24, 2.45) is 17.8 Å². The van der Waals surface area contributed by atoms with Crippen LogP contribution in [0, 0.1) is 24.7 Å². The lowest BCUT2D eigenvalue weighted by atomic mass is 9.52. The van der Waals surface area contributed by atoms with Gasteiger partial charge in [0.1, 0.15) is 5.75 Å². The molecule has 26 heavy (non-hydrogen) atoms. The van der Waals surface area contributed by atoms with Crippen LogP contribution in [0.1, 0.15) is 57.1 Å². The van der Waals surface area contributed by atoms with Crippen LogP contribution < -0.4 is 10.1 Å². The molecule has 4 fully saturated rings. The number of amides is 1. The first-order valence-corrected chi connectivity index (χ1v) is 9.90. The molecule has 1 amide bonds. The van der Waals surface area contributed by atoms with Crippen molar-refractivity contribution in [1.82, 2.24) is 5.32 Å². The number of aryl methyl sites for hydroxylation is 1. The zero-order chi connectivity index (χ0) is 18.7. The molecule has 142 valence electrons. The molecule has 1 unspecified atom stereocenters. The number of nitrogens with one attached hydrogen (secondary N) is 1. The number of methoxy groups -OCH3 is 1. The van der Waals surface area contributed by atoms with Gasteiger partial charge in [0.2, 0.25) is 5.91 Å². The number of carbonyl (C=O) groups excluding carboxylic acids is 1. The minimum absolute atomic E-state index is 0.0783. The van der Waals surface area contributed by atoms with Gasteiger partial charge in [-0.05, 0) is 93.9 Å². The lowest BCUT2D eigenvalue weighted by Crippen LogP contribution is -2.62. The van der Waals surface area contributed by atoms with Gasteiger partial charge in [-0.15, -0.1) is 0 Å². The molecule has 0 aliphatic heterocycles. The van der Waals surface area contributed by atoms with Crippen LogP contribution in [0.3, 0.4) is 0 Å². The summed E-state index contributed by atoms with van der Waals surface area (Å²) in [6, 6.07) is 6.23. The van der Waals surface area contributed by atoms with Gasteiger partial charge in [-0.25, -0.2) is 0 Å². The summed E-state index contributed by atoms with van der Waals surface area (Å²) < 4.78 is 5.39. The topological polar surface area (TPSA) is 58.6 Å². The fourth-order valence-corrected chi connectivity index (χ4v) is 5.91. The molecule has 2 N–H and O–H groups in total. The molecule has 0 saturated heterocycles. The van der Waals surface area contributed by atoms with Crippen LogP contribution in [0.4, 0.5) is 0 Å². The van der Waals surface area contributed by atoms with Crippen molar-refractivity contribution in [3.63, 3.8) is 0 Å². The Hall–Kier alpha value is -1.55. The van der Waals surface area contributed by atoms with Gasteiger partial charge in [-0.3, -0.25) is 4.79 Å². The van der Waals surface area contributed by atoms with Gasteiger partial charge < -0.3 is 15.2 Å². The number of aliphatic hydroxyl groups is 1. The van der Waals surface area contributed by atoms with Crippen molar-refractivity contribution in [2.75, 3.05) is 7.11 Å². The Morgan fingerprint density at radius 2 is 1.85 bits per heavy atom. The summed E-state index contributed by atoms with van der Waals surface area (Å²) >= 11 is 0. The highest BCUT2D eigenvalue weighted by Gasteiger charge is 2.55. The van der Waals surface area contributed by atoms with Crippen molar-refractivity contribution >= 4 is 5.91 Å². The van der Waals surface area contributed by atoms with E-state index in [1.807, 2.05) is 32.9 Å². The van der Waals surface area contributed by atoms with E-state index in [9.17, 15) is 9.90 Å². The molecule has 0 radical (unpaired) electrons. The number of carbonyl (C=O) groups is 1. The van der Waals surface area contributed by atoms with Crippen molar-refractivity contribution in [3.8, 4) is 5.75 Å². The van der Waals surface area contributed by atoms with Crippen LogP contribution in [0.2, 0.25) is 0 Å². The van der Waals surface area contributed by atoms with Gasteiger partial charge in [-0.2, -0.15) is 0 Å². The molecule has 1 aromatic carbocycles. The first-order valence-electron chi connectivity index (χ1n) is 9.90. The second-order valence-corrected chi connectivity index (χ2v) is 9.56. The van der Waals surface area contributed by atoms with Gasteiger partial charge in [0.05, 0.1) is 18.1 Å². The number of ether oxygens (including phenoxy) is 1. The molecule has 4 bridgehead atoms. The van der Waals surface area contributed by atoms with E-state index in [0.717, 1.165) is 49.0 Å². The molecular weight excluding hydrogens is 326 g/mol. The second kappa shape index (κ2) is 5.98. The highest BCUT2D eigenvalue weighted by atomic mass is 16.5. The molecule has 4 aliphatic rings. The first-order chi connectivity index (χ1) is 12.2.